The largest absolute Gasteiger partial charge is 0.378 e. The molecule has 0 bridgehead atoms. The lowest BCUT2D eigenvalue weighted by atomic mass is 9.99. The van der Waals surface area contributed by atoms with Gasteiger partial charge < -0.3 is 10.1 Å². The number of rotatable bonds is 8. The van der Waals surface area contributed by atoms with E-state index in [2.05, 4.69) is 19.2 Å². The van der Waals surface area contributed by atoms with Gasteiger partial charge in [-0.3, -0.25) is 0 Å². The van der Waals surface area contributed by atoms with Crippen LogP contribution in [0.1, 0.15) is 46.0 Å². The van der Waals surface area contributed by atoms with Crippen LogP contribution in [0.2, 0.25) is 0 Å². The second-order valence-electron chi connectivity index (χ2n) is 4.72. The normalized spacial score (nSPS) is 22.9. The Kier molecular flexibility index (Phi) is 7.42. The van der Waals surface area contributed by atoms with Gasteiger partial charge in [-0.15, -0.1) is 11.6 Å². The summed E-state index contributed by atoms with van der Waals surface area (Å²) in [5.74, 6) is 0.650. The van der Waals surface area contributed by atoms with E-state index in [0.717, 1.165) is 26.1 Å². The molecule has 0 radical (unpaired) electrons. The Morgan fingerprint density at radius 1 is 1.38 bits per heavy atom. The summed E-state index contributed by atoms with van der Waals surface area (Å²) in [7, 11) is 0. The van der Waals surface area contributed by atoms with Crippen molar-refractivity contribution >= 4 is 11.6 Å². The van der Waals surface area contributed by atoms with E-state index in [-0.39, 0.29) is 5.38 Å². The van der Waals surface area contributed by atoms with Crippen molar-refractivity contribution in [1.29, 1.82) is 0 Å². The summed E-state index contributed by atoms with van der Waals surface area (Å²) in [5, 5.41) is 3.73. The molecule has 16 heavy (non-hydrogen) atoms. The fourth-order valence-electron chi connectivity index (χ4n) is 2.34. The van der Waals surface area contributed by atoms with E-state index in [1.165, 1.54) is 25.7 Å². The van der Waals surface area contributed by atoms with Gasteiger partial charge in [0.1, 0.15) is 0 Å². The molecule has 1 saturated heterocycles. The molecule has 0 spiro atoms. The van der Waals surface area contributed by atoms with Crippen molar-refractivity contribution in [2.45, 2.75) is 57.4 Å². The zero-order valence-electron chi connectivity index (χ0n) is 10.7. The van der Waals surface area contributed by atoms with E-state index >= 15 is 0 Å². The molecule has 1 heterocycles. The molecule has 1 rings (SSSR count). The second kappa shape index (κ2) is 8.32. The van der Waals surface area contributed by atoms with Crippen molar-refractivity contribution in [3.63, 3.8) is 0 Å². The Labute approximate surface area is 105 Å². The lowest BCUT2D eigenvalue weighted by Crippen LogP contribution is -2.30. The Hall–Kier alpha value is 0.210. The molecule has 0 aromatic heterocycles. The molecule has 0 amide bonds. The summed E-state index contributed by atoms with van der Waals surface area (Å²) in [4.78, 5) is 0. The molecule has 1 N–H and O–H groups in total. The molecule has 1 fully saturated rings. The number of ether oxygens (including phenoxy) is 1. The first-order valence-corrected chi connectivity index (χ1v) is 7.17. The molecule has 0 aromatic carbocycles. The maximum absolute atomic E-state index is 6.35. The van der Waals surface area contributed by atoms with Gasteiger partial charge in [-0.25, -0.2) is 0 Å². The molecule has 2 unspecified atom stereocenters. The van der Waals surface area contributed by atoms with Crippen molar-refractivity contribution in [2.24, 2.45) is 5.92 Å². The fourth-order valence-corrected chi connectivity index (χ4v) is 2.81. The van der Waals surface area contributed by atoms with Crippen LogP contribution in [0.3, 0.4) is 0 Å². The SMILES string of the molecule is CCC(CC)C(Cl)CNCCC1CCCO1. The van der Waals surface area contributed by atoms with Crippen molar-refractivity contribution in [2.75, 3.05) is 19.7 Å². The molecule has 2 nitrogen and oxygen atoms in total. The molecule has 1 aliphatic rings. The van der Waals surface area contributed by atoms with Gasteiger partial charge in [0.05, 0.1) is 6.10 Å². The smallest absolute Gasteiger partial charge is 0.0588 e. The molecule has 0 aliphatic carbocycles. The van der Waals surface area contributed by atoms with Crippen LogP contribution >= 0.6 is 11.6 Å². The van der Waals surface area contributed by atoms with Gasteiger partial charge >= 0.3 is 0 Å². The van der Waals surface area contributed by atoms with Crippen LogP contribution in [-0.4, -0.2) is 31.2 Å². The highest BCUT2D eigenvalue weighted by molar-refractivity contribution is 6.21. The van der Waals surface area contributed by atoms with Gasteiger partial charge in [-0.2, -0.15) is 0 Å². The van der Waals surface area contributed by atoms with E-state index in [1.54, 1.807) is 0 Å². The molecular formula is C13H26ClNO. The summed E-state index contributed by atoms with van der Waals surface area (Å²) in [5.41, 5.74) is 0. The number of hydrogen-bond acceptors (Lipinski definition) is 2. The Bertz CT molecular complexity index is 167. The minimum atomic E-state index is 0.277. The zero-order valence-corrected chi connectivity index (χ0v) is 11.4. The van der Waals surface area contributed by atoms with E-state index in [1.807, 2.05) is 0 Å². The standard InChI is InChI=1S/C13H26ClNO/c1-3-11(4-2)13(14)10-15-8-7-12-6-5-9-16-12/h11-13,15H,3-10H2,1-2H3. The second-order valence-corrected chi connectivity index (χ2v) is 5.28. The topological polar surface area (TPSA) is 21.3 Å². The number of nitrogens with one attached hydrogen (secondary N) is 1. The van der Waals surface area contributed by atoms with E-state index < -0.39 is 0 Å². The van der Waals surface area contributed by atoms with Crippen LogP contribution < -0.4 is 5.32 Å². The first-order chi connectivity index (χ1) is 7.77. The maximum atomic E-state index is 6.35. The van der Waals surface area contributed by atoms with E-state index in [0.29, 0.717) is 12.0 Å². The lowest BCUT2D eigenvalue weighted by molar-refractivity contribution is 0.104. The predicted molar refractivity (Wildman–Crippen MR) is 70.2 cm³/mol. The highest BCUT2D eigenvalue weighted by Gasteiger charge is 2.17. The van der Waals surface area contributed by atoms with Gasteiger partial charge in [0.25, 0.3) is 0 Å². The van der Waals surface area contributed by atoms with Crippen LogP contribution in [0, 0.1) is 5.92 Å². The van der Waals surface area contributed by atoms with Gasteiger partial charge in [-0.1, -0.05) is 26.7 Å². The van der Waals surface area contributed by atoms with Crippen LogP contribution in [0.25, 0.3) is 0 Å². The van der Waals surface area contributed by atoms with Crippen molar-refractivity contribution in [3.8, 4) is 0 Å². The highest BCUT2D eigenvalue weighted by atomic mass is 35.5. The average Bonchev–Trinajstić information content (AvgIpc) is 2.79. The first kappa shape index (κ1) is 14.3. The number of hydrogen-bond donors (Lipinski definition) is 1. The van der Waals surface area contributed by atoms with Gasteiger partial charge in [0.2, 0.25) is 0 Å². The quantitative estimate of drug-likeness (QED) is 0.526. The van der Waals surface area contributed by atoms with Crippen molar-refractivity contribution in [3.05, 3.63) is 0 Å². The van der Waals surface area contributed by atoms with E-state index in [4.69, 9.17) is 16.3 Å². The van der Waals surface area contributed by atoms with Crippen LogP contribution in [0.5, 0.6) is 0 Å². The summed E-state index contributed by atoms with van der Waals surface area (Å²) < 4.78 is 5.58. The van der Waals surface area contributed by atoms with Gasteiger partial charge in [0.15, 0.2) is 0 Å². The lowest BCUT2D eigenvalue weighted by Gasteiger charge is -2.20. The van der Waals surface area contributed by atoms with Crippen LogP contribution in [-0.2, 0) is 4.74 Å². The highest BCUT2D eigenvalue weighted by Crippen LogP contribution is 2.18. The third-order valence-electron chi connectivity index (χ3n) is 3.57. The van der Waals surface area contributed by atoms with Gasteiger partial charge in [0, 0.05) is 18.5 Å². The Morgan fingerprint density at radius 2 is 2.12 bits per heavy atom. The summed E-state index contributed by atoms with van der Waals surface area (Å²) in [6.45, 7) is 7.36. The Balaban J connectivity index is 2.00. The molecule has 1 aliphatic heterocycles. The average molecular weight is 248 g/mol. The summed E-state index contributed by atoms with van der Waals surface area (Å²) >= 11 is 6.35. The fraction of sp³-hybridized carbons (Fsp3) is 1.00. The summed E-state index contributed by atoms with van der Waals surface area (Å²) in [6.07, 6.45) is 6.45. The van der Waals surface area contributed by atoms with Crippen LogP contribution in [0.4, 0.5) is 0 Å². The van der Waals surface area contributed by atoms with Crippen LogP contribution in [0.15, 0.2) is 0 Å². The molecule has 3 heteroatoms. The monoisotopic (exact) mass is 247 g/mol. The predicted octanol–water partition coefficient (Wildman–Crippen LogP) is 3.19. The third-order valence-corrected chi connectivity index (χ3v) is 4.08. The van der Waals surface area contributed by atoms with Crippen molar-refractivity contribution < 1.29 is 4.74 Å². The first-order valence-electron chi connectivity index (χ1n) is 6.74. The number of alkyl halides is 1. The van der Waals surface area contributed by atoms with E-state index in [9.17, 15) is 0 Å². The van der Waals surface area contributed by atoms with Crippen molar-refractivity contribution in [1.82, 2.24) is 5.32 Å². The zero-order chi connectivity index (χ0) is 11.8. The Morgan fingerprint density at radius 3 is 2.69 bits per heavy atom. The number of halogens is 1. The molecule has 2 atom stereocenters. The maximum Gasteiger partial charge on any atom is 0.0588 e. The van der Waals surface area contributed by atoms with Gasteiger partial charge in [-0.05, 0) is 31.7 Å². The minimum absolute atomic E-state index is 0.277. The molecule has 96 valence electrons. The molecular weight excluding hydrogens is 222 g/mol. The molecule has 0 aromatic rings. The summed E-state index contributed by atoms with van der Waals surface area (Å²) in [6, 6.07) is 0. The third kappa shape index (κ3) is 5.03. The molecule has 0 saturated carbocycles. The minimum Gasteiger partial charge on any atom is -0.378 e.